The average Bonchev–Trinajstić information content (AvgIpc) is 3.33. The maximum absolute atomic E-state index is 2.70. The number of nitrogens with zero attached hydrogens (tertiary/aromatic N) is 2. The Labute approximate surface area is 260 Å². The Bertz CT molecular complexity index is 1050. The minimum absolute atomic E-state index is 0.519. The lowest BCUT2D eigenvalue weighted by Gasteiger charge is -2.12. The van der Waals surface area contributed by atoms with Gasteiger partial charge in [0.2, 0.25) is 0 Å². The maximum atomic E-state index is 2.70. The highest BCUT2D eigenvalue weighted by molar-refractivity contribution is 5.22. The van der Waals surface area contributed by atoms with Gasteiger partial charge in [0.1, 0.15) is 11.9 Å². The summed E-state index contributed by atoms with van der Waals surface area (Å²) in [7, 11) is 0. The van der Waals surface area contributed by atoms with Gasteiger partial charge >= 0.3 is 0 Å². The van der Waals surface area contributed by atoms with Crippen LogP contribution in [0.1, 0.15) is 158 Å². The number of aryl methyl sites for hydroxylation is 1. The smallest absolute Gasteiger partial charge is 0.234 e. The van der Waals surface area contributed by atoms with E-state index in [0.717, 1.165) is 25.9 Å². The van der Waals surface area contributed by atoms with Crippen LogP contribution in [0.2, 0.25) is 0 Å². The first kappa shape index (κ1) is 34.1. The van der Waals surface area contributed by atoms with E-state index >= 15 is 0 Å². The number of hydrogen-bond donors (Lipinski definition) is 0. The summed E-state index contributed by atoms with van der Waals surface area (Å²) in [4.78, 5) is 0. The first-order chi connectivity index (χ1) is 20.7. The molecule has 2 aromatic carbocycles. The van der Waals surface area contributed by atoms with Gasteiger partial charge in [-0.15, -0.1) is 0 Å². The Kier molecular flexibility index (Phi) is 17.4. The summed E-state index contributed by atoms with van der Waals surface area (Å²) in [6.07, 6.45) is 28.3. The molecule has 0 saturated heterocycles. The molecule has 1 aromatic heterocycles. The van der Waals surface area contributed by atoms with Gasteiger partial charge in [-0.05, 0) is 42.7 Å². The summed E-state index contributed by atoms with van der Waals surface area (Å²) < 4.78 is 5.33. The molecule has 0 aliphatic carbocycles. The first-order valence-corrected chi connectivity index (χ1v) is 17.9. The van der Waals surface area contributed by atoms with Crippen molar-refractivity contribution in [2.45, 2.75) is 162 Å². The fourth-order valence-corrected chi connectivity index (χ4v) is 6.46. The number of unbranched alkanes of at least 4 members (excludes halogenated alkanes) is 15. The summed E-state index contributed by atoms with van der Waals surface area (Å²) in [5, 5.41) is 0. The van der Waals surface area contributed by atoms with Crippen molar-refractivity contribution in [3.63, 3.8) is 0 Å². The van der Waals surface area contributed by atoms with Gasteiger partial charge in [-0.3, -0.25) is 0 Å². The maximum Gasteiger partial charge on any atom is 0.261 e. The molecule has 1 atom stereocenters. The lowest BCUT2D eigenvalue weighted by Crippen LogP contribution is -2.37. The molecule has 0 spiro atoms. The topological polar surface area (TPSA) is 8.81 Å². The van der Waals surface area contributed by atoms with Gasteiger partial charge < -0.3 is 0 Å². The van der Waals surface area contributed by atoms with E-state index in [1.54, 1.807) is 0 Å². The average molecular weight is 572 g/mol. The molecule has 232 valence electrons. The highest BCUT2D eigenvalue weighted by atomic mass is 15.2. The largest absolute Gasteiger partial charge is 0.261 e. The number of hydrogen-bond acceptors (Lipinski definition) is 0. The molecule has 1 unspecified atom stereocenters. The van der Waals surface area contributed by atoms with Gasteiger partial charge in [0.05, 0.1) is 19.5 Å². The normalized spacial score (nSPS) is 12.2. The summed E-state index contributed by atoms with van der Waals surface area (Å²) >= 11 is 0. The monoisotopic (exact) mass is 571 g/mol. The number of imidazole rings is 1. The highest BCUT2D eigenvalue weighted by Crippen LogP contribution is 2.22. The van der Waals surface area contributed by atoms with Gasteiger partial charge in [-0.25, -0.2) is 9.13 Å². The molecule has 0 amide bonds. The SMILES string of the molecule is CCCCCCCCCCCCCCCC[n+]1cc(CC(C)c2ccccc2)n(CCCCC)c1Cc1ccccc1. The van der Waals surface area contributed by atoms with E-state index in [1.807, 2.05) is 0 Å². The molecule has 1 heterocycles. The molecule has 3 rings (SSSR count). The molecule has 0 radical (unpaired) electrons. The zero-order valence-electron chi connectivity index (χ0n) is 27.7. The van der Waals surface area contributed by atoms with Crippen molar-refractivity contribution in [2.24, 2.45) is 0 Å². The van der Waals surface area contributed by atoms with Gasteiger partial charge in [-0.2, -0.15) is 0 Å². The Morgan fingerprint density at radius 1 is 0.595 bits per heavy atom. The fraction of sp³-hybridized carbons (Fsp3) is 0.625. The predicted molar refractivity (Wildman–Crippen MR) is 182 cm³/mol. The zero-order chi connectivity index (χ0) is 29.7. The van der Waals surface area contributed by atoms with Crippen molar-refractivity contribution in [3.8, 4) is 0 Å². The van der Waals surface area contributed by atoms with Crippen molar-refractivity contribution in [1.82, 2.24) is 4.57 Å². The van der Waals surface area contributed by atoms with Gasteiger partial charge in [0.15, 0.2) is 0 Å². The summed E-state index contributed by atoms with van der Waals surface area (Å²) in [5.74, 6) is 2.02. The lowest BCUT2D eigenvalue weighted by atomic mass is 9.96. The van der Waals surface area contributed by atoms with Crippen LogP contribution in [-0.4, -0.2) is 4.57 Å². The molecule has 42 heavy (non-hydrogen) atoms. The number of aromatic nitrogens is 2. The molecule has 0 aliphatic rings. The molecule has 0 N–H and O–H groups in total. The van der Waals surface area contributed by atoms with Crippen LogP contribution in [0.4, 0.5) is 0 Å². The van der Waals surface area contributed by atoms with Gasteiger partial charge in [0, 0.05) is 6.42 Å². The van der Waals surface area contributed by atoms with Gasteiger partial charge in [-0.1, -0.05) is 165 Å². The van der Waals surface area contributed by atoms with Crippen LogP contribution >= 0.6 is 0 Å². The van der Waals surface area contributed by atoms with E-state index in [1.165, 1.54) is 132 Å². The standard InChI is InChI=1S/C40H63N2/c1-4-6-8-9-10-11-12-13-14-15-16-17-18-26-31-41-35-39(33-36(3)38-29-23-20-24-30-38)42(32-25-7-5-2)40(41)34-37-27-21-19-22-28-37/h19-24,27-30,35-36H,4-18,25-26,31-34H2,1-3H3/q+1. The predicted octanol–water partition coefficient (Wildman–Crippen LogP) is 11.4. The van der Waals surface area contributed by atoms with E-state index in [0.29, 0.717) is 5.92 Å². The molecule has 3 aromatic rings. The van der Waals surface area contributed by atoms with Crippen molar-refractivity contribution < 1.29 is 4.57 Å². The number of rotatable bonds is 24. The van der Waals surface area contributed by atoms with Crippen LogP contribution in [0.25, 0.3) is 0 Å². The minimum atomic E-state index is 0.519. The fourth-order valence-electron chi connectivity index (χ4n) is 6.46. The summed E-state index contributed by atoms with van der Waals surface area (Å²) in [6, 6.07) is 22.2. The van der Waals surface area contributed by atoms with Crippen LogP contribution < -0.4 is 4.57 Å². The van der Waals surface area contributed by atoms with Crippen molar-refractivity contribution in [1.29, 1.82) is 0 Å². The molecule has 0 fully saturated rings. The Morgan fingerprint density at radius 2 is 1.10 bits per heavy atom. The first-order valence-electron chi connectivity index (χ1n) is 17.9. The Balaban J connectivity index is 1.55. The molecular weight excluding hydrogens is 508 g/mol. The Hall–Kier alpha value is -2.35. The molecular formula is C40H63N2+. The van der Waals surface area contributed by atoms with Gasteiger partial charge in [0.25, 0.3) is 5.82 Å². The highest BCUT2D eigenvalue weighted by Gasteiger charge is 2.25. The molecule has 0 aliphatic heterocycles. The van der Waals surface area contributed by atoms with Crippen LogP contribution in [-0.2, 0) is 25.9 Å². The van der Waals surface area contributed by atoms with E-state index in [4.69, 9.17) is 0 Å². The van der Waals surface area contributed by atoms with E-state index < -0.39 is 0 Å². The zero-order valence-corrected chi connectivity index (χ0v) is 27.7. The third kappa shape index (κ3) is 12.9. The minimum Gasteiger partial charge on any atom is -0.234 e. The molecule has 2 nitrogen and oxygen atoms in total. The third-order valence-electron chi connectivity index (χ3n) is 9.12. The summed E-state index contributed by atoms with van der Waals surface area (Å²) in [6.45, 7) is 9.30. The van der Waals surface area contributed by atoms with E-state index in [-0.39, 0.29) is 0 Å². The van der Waals surface area contributed by atoms with Crippen LogP contribution in [0.5, 0.6) is 0 Å². The van der Waals surface area contributed by atoms with Crippen LogP contribution in [0.15, 0.2) is 66.9 Å². The number of benzene rings is 2. The van der Waals surface area contributed by atoms with Crippen LogP contribution in [0.3, 0.4) is 0 Å². The van der Waals surface area contributed by atoms with Crippen molar-refractivity contribution in [3.05, 3.63) is 89.5 Å². The molecule has 0 bridgehead atoms. The lowest BCUT2D eigenvalue weighted by molar-refractivity contribution is -0.704. The second kappa shape index (κ2) is 21.4. The quantitative estimate of drug-likeness (QED) is 0.0747. The van der Waals surface area contributed by atoms with Crippen molar-refractivity contribution >= 4 is 0 Å². The van der Waals surface area contributed by atoms with E-state index in [9.17, 15) is 0 Å². The molecule has 0 saturated carbocycles. The second-order valence-electron chi connectivity index (χ2n) is 12.9. The second-order valence-corrected chi connectivity index (χ2v) is 12.9. The Morgan fingerprint density at radius 3 is 1.67 bits per heavy atom. The third-order valence-corrected chi connectivity index (χ3v) is 9.12. The van der Waals surface area contributed by atoms with Crippen molar-refractivity contribution in [2.75, 3.05) is 0 Å². The van der Waals surface area contributed by atoms with E-state index in [2.05, 4.69) is 96.8 Å². The van der Waals surface area contributed by atoms with Crippen LogP contribution in [0, 0.1) is 0 Å². The molecule has 2 heteroatoms. The summed E-state index contributed by atoms with van der Waals surface area (Å²) in [5.41, 5.74) is 4.38.